The maximum absolute atomic E-state index is 4.11. The lowest BCUT2D eigenvalue weighted by Gasteiger charge is -2.01. The van der Waals surface area contributed by atoms with Crippen LogP contribution in [0.5, 0.6) is 0 Å². The second-order valence-corrected chi connectivity index (χ2v) is 3.62. The van der Waals surface area contributed by atoms with Crippen LogP contribution in [0.25, 0.3) is 22.6 Å². The molecule has 0 spiro atoms. The minimum atomic E-state index is 0.693. The molecule has 0 unspecified atom stereocenters. The summed E-state index contributed by atoms with van der Waals surface area (Å²) in [6.07, 6.45) is 4.91. The molecule has 0 bridgehead atoms. The number of aromatic amines is 1. The van der Waals surface area contributed by atoms with Gasteiger partial charge in [0, 0.05) is 17.5 Å². The van der Waals surface area contributed by atoms with Gasteiger partial charge in [0.25, 0.3) is 0 Å². The summed E-state index contributed by atoms with van der Waals surface area (Å²) in [6.45, 7) is 0. The zero-order valence-corrected chi connectivity index (χ0v) is 9.04. The summed E-state index contributed by atoms with van der Waals surface area (Å²) in [5.74, 6) is 0.693. The quantitative estimate of drug-likeness (QED) is 0.724. The van der Waals surface area contributed by atoms with Gasteiger partial charge >= 0.3 is 0 Å². The molecule has 1 aromatic carbocycles. The Kier molecular flexibility index (Phi) is 2.38. The van der Waals surface area contributed by atoms with Crippen molar-refractivity contribution in [3.05, 3.63) is 55.2 Å². The summed E-state index contributed by atoms with van der Waals surface area (Å²) < 4.78 is 0. The standard InChI is InChI=1S/C13H10N4/c1-2-12(15-7-1)10-3-5-11(6-4-10)13-16-8-14-9-17-13/h1-9,15H. The van der Waals surface area contributed by atoms with E-state index in [1.165, 1.54) is 12.7 Å². The predicted octanol–water partition coefficient (Wildman–Crippen LogP) is 2.53. The second-order valence-electron chi connectivity index (χ2n) is 3.62. The number of hydrogen-bond donors (Lipinski definition) is 1. The zero-order valence-electron chi connectivity index (χ0n) is 9.04. The molecule has 0 aliphatic heterocycles. The predicted molar refractivity (Wildman–Crippen MR) is 65.0 cm³/mol. The average Bonchev–Trinajstić information content (AvgIpc) is 2.94. The first-order valence-electron chi connectivity index (χ1n) is 5.30. The number of benzene rings is 1. The van der Waals surface area contributed by atoms with E-state index in [4.69, 9.17) is 0 Å². The average molecular weight is 222 g/mol. The number of hydrogen-bond acceptors (Lipinski definition) is 3. The van der Waals surface area contributed by atoms with Crippen molar-refractivity contribution in [2.24, 2.45) is 0 Å². The van der Waals surface area contributed by atoms with Crippen molar-refractivity contribution >= 4 is 0 Å². The fourth-order valence-corrected chi connectivity index (χ4v) is 1.70. The third-order valence-corrected chi connectivity index (χ3v) is 2.55. The molecule has 3 rings (SSSR count). The van der Waals surface area contributed by atoms with Gasteiger partial charge in [-0.1, -0.05) is 24.3 Å². The maximum Gasteiger partial charge on any atom is 0.162 e. The van der Waals surface area contributed by atoms with Gasteiger partial charge < -0.3 is 4.98 Å². The summed E-state index contributed by atoms with van der Waals surface area (Å²) in [7, 11) is 0. The Morgan fingerprint density at radius 2 is 1.53 bits per heavy atom. The molecule has 0 amide bonds. The lowest BCUT2D eigenvalue weighted by atomic mass is 10.1. The van der Waals surface area contributed by atoms with Gasteiger partial charge in [0.05, 0.1) is 0 Å². The molecule has 82 valence electrons. The SMILES string of the molecule is c1c[nH]c(-c2ccc(-c3ncncn3)cc2)c1. The Morgan fingerprint density at radius 1 is 0.824 bits per heavy atom. The summed E-state index contributed by atoms with van der Waals surface area (Å²) in [5, 5.41) is 0. The highest BCUT2D eigenvalue weighted by molar-refractivity contribution is 5.64. The van der Waals surface area contributed by atoms with E-state index in [1.807, 2.05) is 42.6 Å². The van der Waals surface area contributed by atoms with Crippen LogP contribution in [0.4, 0.5) is 0 Å². The van der Waals surface area contributed by atoms with Crippen molar-refractivity contribution in [3.8, 4) is 22.6 Å². The van der Waals surface area contributed by atoms with Gasteiger partial charge in [-0.25, -0.2) is 15.0 Å². The second kappa shape index (κ2) is 4.17. The first-order valence-corrected chi connectivity index (χ1v) is 5.30. The topological polar surface area (TPSA) is 54.5 Å². The van der Waals surface area contributed by atoms with Gasteiger partial charge in [0.15, 0.2) is 5.82 Å². The van der Waals surface area contributed by atoms with E-state index in [0.29, 0.717) is 5.82 Å². The fourth-order valence-electron chi connectivity index (χ4n) is 1.70. The number of rotatable bonds is 2. The number of aromatic nitrogens is 4. The molecule has 1 N–H and O–H groups in total. The highest BCUT2D eigenvalue weighted by Crippen LogP contribution is 2.20. The van der Waals surface area contributed by atoms with Crippen molar-refractivity contribution in [2.45, 2.75) is 0 Å². The normalized spacial score (nSPS) is 10.4. The Morgan fingerprint density at radius 3 is 2.18 bits per heavy atom. The third-order valence-electron chi connectivity index (χ3n) is 2.55. The Labute approximate surface area is 98.4 Å². The zero-order chi connectivity index (χ0) is 11.5. The van der Waals surface area contributed by atoms with Crippen molar-refractivity contribution in [3.63, 3.8) is 0 Å². The minimum Gasteiger partial charge on any atom is -0.361 e. The van der Waals surface area contributed by atoms with Crippen LogP contribution >= 0.6 is 0 Å². The number of H-pyrrole nitrogens is 1. The highest BCUT2D eigenvalue weighted by atomic mass is 15.0. The van der Waals surface area contributed by atoms with Crippen LogP contribution in [-0.4, -0.2) is 19.9 Å². The first-order chi connectivity index (χ1) is 8.43. The van der Waals surface area contributed by atoms with Gasteiger partial charge in [-0.15, -0.1) is 0 Å². The van der Waals surface area contributed by atoms with Crippen molar-refractivity contribution in [1.82, 2.24) is 19.9 Å². The molecule has 2 heterocycles. The van der Waals surface area contributed by atoms with E-state index < -0.39 is 0 Å². The highest BCUT2D eigenvalue weighted by Gasteiger charge is 2.01. The van der Waals surface area contributed by atoms with Gasteiger partial charge in [0.2, 0.25) is 0 Å². The molecule has 4 heteroatoms. The van der Waals surface area contributed by atoms with Gasteiger partial charge in [-0.2, -0.15) is 0 Å². The van der Waals surface area contributed by atoms with Crippen LogP contribution in [0.3, 0.4) is 0 Å². The van der Waals surface area contributed by atoms with Crippen LogP contribution in [0.2, 0.25) is 0 Å². The molecule has 2 aromatic heterocycles. The Balaban J connectivity index is 1.96. The number of nitrogens with zero attached hydrogens (tertiary/aromatic N) is 3. The van der Waals surface area contributed by atoms with Crippen molar-refractivity contribution in [1.29, 1.82) is 0 Å². The van der Waals surface area contributed by atoms with Crippen LogP contribution in [-0.2, 0) is 0 Å². The molecule has 0 saturated heterocycles. The molecule has 0 atom stereocenters. The van der Waals surface area contributed by atoms with Crippen molar-refractivity contribution in [2.75, 3.05) is 0 Å². The molecule has 0 radical (unpaired) electrons. The molecular weight excluding hydrogens is 212 g/mol. The van der Waals surface area contributed by atoms with Gasteiger partial charge in [0.1, 0.15) is 12.7 Å². The van der Waals surface area contributed by atoms with Crippen LogP contribution in [0.1, 0.15) is 0 Å². The molecule has 0 fully saturated rings. The molecule has 0 aliphatic carbocycles. The fraction of sp³-hybridized carbons (Fsp3) is 0. The van der Waals surface area contributed by atoms with Crippen LogP contribution in [0, 0.1) is 0 Å². The van der Waals surface area contributed by atoms with E-state index in [-0.39, 0.29) is 0 Å². The molecular formula is C13H10N4. The lowest BCUT2D eigenvalue weighted by Crippen LogP contribution is -1.88. The number of nitrogens with one attached hydrogen (secondary N) is 1. The van der Waals surface area contributed by atoms with E-state index in [9.17, 15) is 0 Å². The third kappa shape index (κ3) is 1.92. The maximum atomic E-state index is 4.11. The van der Waals surface area contributed by atoms with E-state index in [1.54, 1.807) is 0 Å². The lowest BCUT2D eigenvalue weighted by molar-refractivity contribution is 1.06. The Hall–Kier alpha value is -2.49. The monoisotopic (exact) mass is 222 g/mol. The van der Waals surface area contributed by atoms with Gasteiger partial charge in [-0.3, -0.25) is 0 Å². The van der Waals surface area contributed by atoms with Crippen LogP contribution < -0.4 is 0 Å². The summed E-state index contributed by atoms with van der Waals surface area (Å²) >= 11 is 0. The minimum absolute atomic E-state index is 0.693. The molecule has 17 heavy (non-hydrogen) atoms. The molecule has 3 aromatic rings. The van der Waals surface area contributed by atoms with Crippen LogP contribution in [0.15, 0.2) is 55.2 Å². The Bertz CT molecular complexity index is 585. The largest absolute Gasteiger partial charge is 0.361 e. The van der Waals surface area contributed by atoms with E-state index >= 15 is 0 Å². The smallest absolute Gasteiger partial charge is 0.162 e. The van der Waals surface area contributed by atoms with Crippen molar-refractivity contribution < 1.29 is 0 Å². The summed E-state index contributed by atoms with van der Waals surface area (Å²) in [6, 6.07) is 12.1. The summed E-state index contributed by atoms with van der Waals surface area (Å²) in [4.78, 5) is 15.2. The van der Waals surface area contributed by atoms with E-state index in [0.717, 1.165) is 16.8 Å². The van der Waals surface area contributed by atoms with E-state index in [2.05, 4.69) is 19.9 Å². The molecule has 0 aliphatic rings. The molecule has 4 nitrogen and oxygen atoms in total. The first kappa shape index (κ1) is 9.72. The molecule has 0 saturated carbocycles. The summed E-state index contributed by atoms with van der Waals surface area (Å²) in [5.41, 5.74) is 3.24. The van der Waals surface area contributed by atoms with Gasteiger partial charge in [-0.05, 0) is 17.7 Å².